The first-order valence-electron chi connectivity index (χ1n) is 17.5. The fraction of sp³-hybridized carbons (Fsp3) is 0.106. The van der Waals surface area contributed by atoms with Gasteiger partial charge in [0, 0.05) is 11.1 Å². The van der Waals surface area contributed by atoms with Crippen molar-refractivity contribution in [1.29, 1.82) is 0 Å². The highest BCUT2D eigenvalue weighted by Gasteiger charge is 2.24. The zero-order valence-electron chi connectivity index (χ0n) is 28.2. The summed E-state index contributed by atoms with van der Waals surface area (Å²) in [7, 11) is 0. The van der Waals surface area contributed by atoms with Gasteiger partial charge in [-0.05, 0) is 121 Å². The summed E-state index contributed by atoms with van der Waals surface area (Å²) < 4.78 is 0. The minimum absolute atomic E-state index is 0.292. The lowest BCUT2D eigenvalue weighted by Gasteiger charge is -2.22. The summed E-state index contributed by atoms with van der Waals surface area (Å²) in [6.45, 7) is 1.61. The zero-order valence-corrected chi connectivity index (χ0v) is 28.2. The van der Waals surface area contributed by atoms with E-state index < -0.39 is 23.0 Å². The highest BCUT2D eigenvalue weighted by Crippen LogP contribution is 2.51. The van der Waals surface area contributed by atoms with Crippen LogP contribution in [-0.2, 0) is 12.8 Å². The van der Waals surface area contributed by atoms with Crippen molar-refractivity contribution in [2.75, 3.05) is 0 Å². The smallest absolute Gasteiger partial charge is 0.204 e. The Morgan fingerprint density at radius 3 is 1.78 bits per heavy atom. The normalized spacial score (nSPS) is 13.6. The molecule has 0 unspecified atom stereocenters. The topological polar surface area (TPSA) is 80.9 Å². The fourth-order valence-electron chi connectivity index (χ4n) is 8.36. The average molecular weight is 665 g/mol. The van der Waals surface area contributed by atoms with Crippen molar-refractivity contribution < 1.29 is 20.4 Å². The van der Waals surface area contributed by atoms with Gasteiger partial charge in [0.2, 0.25) is 11.5 Å². The molecule has 0 heterocycles. The van der Waals surface area contributed by atoms with Crippen LogP contribution >= 0.6 is 0 Å². The van der Waals surface area contributed by atoms with Gasteiger partial charge in [-0.1, -0.05) is 121 Å². The molecule has 0 saturated carbocycles. The van der Waals surface area contributed by atoms with Gasteiger partial charge in [-0.25, -0.2) is 0 Å². The molecule has 0 radical (unpaired) electrons. The van der Waals surface area contributed by atoms with Gasteiger partial charge in [-0.3, -0.25) is 0 Å². The van der Waals surface area contributed by atoms with Crippen LogP contribution in [0.1, 0.15) is 46.2 Å². The second kappa shape index (κ2) is 12.0. The van der Waals surface area contributed by atoms with Gasteiger partial charge >= 0.3 is 0 Å². The first-order valence-corrected chi connectivity index (χ1v) is 17.5. The summed E-state index contributed by atoms with van der Waals surface area (Å²) in [5.74, 6) is -2.36. The molecule has 4 heteroatoms. The lowest BCUT2D eigenvalue weighted by atomic mass is 9.82. The van der Waals surface area contributed by atoms with E-state index in [0.717, 1.165) is 47.9 Å². The van der Waals surface area contributed by atoms with Gasteiger partial charge in [-0.2, -0.15) is 0 Å². The van der Waals surface area contributed by atoms with Crippen molar-refractivity contribution in [3.05, 3.63) is 155 Å². The maximum Gasteiger partial charge on any atom is 0.204 e. The number of phenols is 4. The molecule has 4 nitrogen and oxygen atoms in total. The molecule has 0 fully saturated rings. The molecule has 7 aromatic carbocycles. The van der Waals surface area contributed by atoms with Crippen LogP contribution < -0.4 is 0 Å². The molecule has 4 N–H and O–H groups in total. The van der Waals surface area contributed by atoms with E-state index in [0.29, 0.717) is 16.7 Å². The largest absolute Gasteiger partial charge is 0.504 e. The Bertz CT molecular complexity index is 2540. The molecule has 0 spiro atoms. The van der Waals surface area contributed by atoms with Gasteiger partial charge in [0.1, 0.15) is 0 Å². The molecule has 2 aliphatic carbocycles. The van der Waals surface area contributed by atoms with E-state index in [9.17, 15) is 20.4 Å². The molecule has 0 amide bonds. The summed E-state index contributed by atoms with van der Waals surface area (Å²) in [6, 6.07) is 39.1. The number of fused-ring (bicyclic) bond motifs is 4. The quantitative estimate of drug-likeness (QED) is 0.0857. The van der Waals surface area contributed by atoms with Crippen molar-refractivity contribution in [1.82, 2.24) is 0 Å². The number of benzene rings is 7. The highest BCUT2D eigenvalue weighted by molar-refractivity contribution is 6.22. The number of hydrogen-bond acceptors (Lipinski definition) is 4. The summed E-state index contributed by atoms with van der Waals surface area (Å²) in [5.41, 5.74) is 13.3. The Hall–Kier alpha value is -6.26. The van der Waals surface area contributed by atoms with E-state index in [1.165, 1.54) is 54.9 Å². The molecule has 0 bridgehead atoms. The Kier molecular flexibility index (Phi) is 7.22. The molecule has 0 aromatic heterocycles. The number of hydrogen-bond donors (Lipinski definition) is 4. The molecule has 51 heavy (non-hydrogen) atoms. The Balaban J connectivity index is 1.17. The number of aryl methyl sites for hydroxylation is 2. The summed E-state index contributed by atoms with van der Waals surface area (Å²) in [4.78, 5) is 0. The first-order chi connectivity index (χ1) is 24.9. The van der Waals surface area contributed by atoms with Crippen molar-refractivity contribution in [3.8, 4) is 56.4 Å². The predicted octanol–water partition coefficient (Wildman–Crippen LogP) is 11.5. The molecule has 7 aromatic rings. The van der Waals surface area contributed by atoms with E-state index in [1.54, 1.807) is 6.92 Å². The molecule has 0 saturated heterocycles. The average Bonchev–Trinajstić information content (AvgIpc) is 3.18. The van der Waals surface area contributed by atoms with Crippen LogP contribution in [0.4, 0.5) is 0 Å². The lowest BCUT2D eigenvalue weighted by molar-refractivity contribution is 0.345. The summed E-state index contributed by atoms with van der Waals surface area (Å²) >= 11 is 0. The number of phenolic OH excluding ortho intramolecular Hbond substituents is 4. The third kappa shape index (κ3) is 4.82. The third-order valence-electron chi connectivity index (χ3n) is 10.8. The fourth-order valence-corrected chi connectivity index (χ4v) is 8.36. The van der Waals surface area contributed by atoms with Gasteiger partial charge in [0.15, 0.2) is 11.5 Å². The van der Waals surface area contributed by atoms with E-state index in [2.05, 4.69) is 109 Å². The van der Waals surface area contributed by atoms with Crippen LogP contribution in [0.5, 0.6) is 23.0 Å². The van der Waals surface area contributed by atoms with Crippen LogP contribution in [0.3, 0.4) is 0 Å². The van der Waals surface area contributed by atoms with Crippen LogP contribution in [0.25, 0.3) is 66.6 Å². The summed E-state index contributed by atoms with van der Waals surface area (Å²) in [6.07, 6.45) is 10.8. The molecule has 248 valence electrons. The molecular weight excluding hydrogens is 629 g/mol. The molecule has 0 atom stereocenters. The Labute approximate surface area is 296 Å². The molecule has 0 aliphatic heterocycles. The third-order valence-corrected chi connectivity index (χ3v) is 10.8. The van der Waals surface area contributed by atoms with E-state index in [4.69, 9.17) is 0 Å². The summed E-state index contributed by atoms with van der Waals surface area (Å²) in [5, 5.41) is 46.6. The standard InChI is InChI=1S/C47H36O4/c1-27-41(45(49)47(51)46(50)44(27)48)32-25-22-29-12-8-18-34(40(29)26-32)30-20-23-31(24-21-30)42-36-14-4-6-16-38(36)43(39-17-7-5-15-37(39)42)35-19-9-11-28-10-2-3-13-33(28)35/h3-7,9,11,13-26,48-51H,2,8,10,12H2,1H3. The minimum atomic E-state index is -0.731. The highest BCUT2D eigenvalue weighted by atomic mass is 16.3. The number of aromatic hydroxyl groups is 4. The Morgan fingerprint density at radius 1 is 0.471 bits per heavy atom. The van der Waals surface area contributed by atoms with Crippen LogP contribution in [0, 0.1) is 6.92 Å². The maximum atomic E-state index is 10.8. The SMILES string of the molecule is Cc1c(O)c(O)c(O)c(O)c1-c1ccc2c(c1)C(c1ccc(-c3c4ccccc4c(-c4cccc5c4C=CCC5)c4ccccc34)cc1)=CCC2. The van der Waals surface area contributed by atoms with Gasteiger partial charge in [-0.15, -0.1) is 0 Å². The minimum Gasteiger partial charge on any atom is -0.504 e. The van der Waals surface area contributed by atoms with E-state index in [1.807, 2.05) is 18.2 Å². The number of rotatable bonds is 4. The second-order valence-corrected chi connectivity index (χ2v) is 13.7. The van der Waals surface area contributed by atoms with Crippen molar-refractivity contribution >= 4 is 33.2 Å². The predicted molar refractivity (Wildman–Crippen MR) is 208 cm³/mol. The van der Waals surface area contributed by atoms with Crippen LogP contribution in [-0.4, -0.2) is 20.4 Å². The van der Waals surface area contributed by atoms with Gasteiger partial charge in [0.05, 0.1) is 0 Å². The maximum absolute atomic E-state index is 10.8. The molecular formula is C47H36O4. The molecule has 9 rings (SSSR count). The van der Waals surface area contributed by atoms with Crippen molar-refractivity contribution in [2.24, 2.45) is 0 Å². The van der Waals surface area contributed by atoms with Crippen LogP contribution in [0.15, 0.2) is 121 Å². The second-order valence-electron chi connectivity index (χ2n) is 13.7. The monoisotopic (exact) mass is 664 g/mol. The van der Waals surface area contributed by atoms with Crippen molar-refractivity contribution in [3.63, 3.8) is 0 Å². The van der Waals surface area contributed by atoms with Gasteiger partial charge in [0.25, 0.3) is 0 Å². The number of allylic oxidation sites excluding steroid dienone is 2. The van der Waals surface area contributed by atoms with Crippen molar-refractivity contribution in [2.45, 2.75) is 32.6 Å². The molecule has 2 aliphatic rings. The Morgan fingerprint density at radius 2 is 1.08 bits per heavy atom. The van der Waals surface area contributed by atoms with Crippen LogP contribution in [0.2, 0.25) is 0 Å². The van der Waals surface area contributed by atoms with E-state index in [-0.39, 0.29) is 0 Å². The first kappa shape index (κ1) is 30.8. The van der Waals surface area contributed by atoms with E-state index >= 15 is 0 Å². The van der Waals surface area contributed by atoms with Gasteiger partial charge < -0.3 is 20.4 Å². The lowest BCUT2D eigenvalue weighted by Crippen LogP contribution is -2.02. The zero-order chi connectivity index (χ0) is 34.8.